The van der Waals surface area contributed by atoms with Crippen LogP contribution < -0.4 is 10.6 Å². The van der Waals surface area contributed by atoms with Crippen molar-refractivity contribution in [3.05, 3.63) is 0 Å². The first kappa shape index (κ1) is 9.83. The first-order valence-electron chi connectivity index (χ1n) is 4.26. The fourth-order valence-corrected chi connectivity index (χ4v) is 0.882. The molecule has 0 bridgehead atoms. The van der Waals surface area contributed by atoms with Gasteiger partial charge in [0, 0.05) is 6.54 Å². The molecular formula is C8H15N3O2. The van der Waals surface area contributed by atoms with Crippen LogP contribution in [0.25, 0.3) is 0 Å². The van der Waals surface area contributed by atoms with Crippen molar-refractivity contribution in [2.45, 2.75) is 26.4 Å². The topological polar surface area (TPSA) is 62.7 Å². The van der Waals surface area contributed by atoms with Gasteiger partial charge in [-0.1, -0.05) is 0 Å². The molecule has 1 aliphatic heterocycles. The van der Waals surface area contributed by atoms with Crippen molar-refractivity contribution in [2.24, 2.45) is 4.99 Å². The Balaban J connectivity index is 2.33. The quantitative estimate of drug-likeness (QED) is 0.576. The highest BCUT2D eigenvalue weighted by molar-refractivity contribution is 5.94. The molecular weight excluding hydrogens is 170 g/mol. The molecule has 1 amide bonds. The number of hydrogen-bond acceptors (Lipinski definition) is 4. The van der Waals surface area contributed by atoms with E-state index in [1.165, 1.54) is 0 Å². The van der Waals surface area contributed by atoms with E-state index in [0.717, 1.165) is 6.54 Å². The lowest BCUT2D eigenvalue weighted by Crippen LogP contribution is -2.41. The van der Waals surface area contributed by atoms with Crippen LogP contribution in [0.15, 0.2) is 4.99 Å². The minimum Gasteiger partial charge on any atom is -0.444 e. The van der Waals surface area contributed by atoms with Gasteiger partial charge in [0.25, 0.3) is 0 Å². The molecule has 1 aliphatic rings. The monoisotopic (exact) mass is 185 g/mol. The lowest BCUT2D eigenvalue weighted by molar-refractivity contribution is 0.0562. The highest BCUT2D eigenvalue weighted by atomic mass is 16.6. The predicted octanol–water partition coefficient (Wildman–Crippen LogP) is 0.470. The fourth-order valence-electron chi connectivity index (χ4n) is 0.882. The maximum Gasteiger partial charge on any atom is 0.414 e. The van der Waals surface area contributed by atoms with Gasteiger partial charge in [0.1, 0.15) is 5.60 Å². The zero-order chi connectivity index (χ0) is 9.90. The number of carbonyl (C=O) groups is 1. The van der Waals surface area contributed by atoms with Gasteiger partial charge in [-0.2, -0.15) is 0 Å². The van der Waals surface area contributed by atoms with Gasteiger partial charge >= 0.3 is 6.09 Å². The summed E-state index contributed by atoms with van der Waals surface area (Å²) >= 11 is 0. The molecule has 5 heteroatoms. The zero-order valence-electron chi connectivity index (χ0n) is 8.18. The maximum atomic E-state index is 11.2. The van der Waals surface area contributed by atoms with Crippen LogP contribution in [-0.2, 0) is 4.74 Å². The predicted molar refractivity (Wildman–Crippen MR) is 49.7 cm³/mol. The number of nitrogens with zero attached hydrogens (tertiary/aromatic N) is 1. The second kappa shape index (κ2) is 3.64. The molecule has 0 unspecified atom stereocenters. The molecule has 1 heterocycles. The van der Waals surface area contributed by atoms with E-state index >= 15 is 0 Å². The van der Waals surface area contributed by atoms with Crippen LogP contribution >= 0.6 is 0 Å². The van der Waals surface area contributed by atoms with Crippen LogP contribution in [0.1, 0.15) is 20.8 Å². The Morgan fingerprint density at radius 1 is 1.62 bits per heavy atom. The lowest BCUT2D eigenvalue weighted by atomic mass is 10.2. The standard InChI is InChI=1S/C8H15N3O2/c1-8(2,3)13-7(12)11-6-9-4-5-10-6/h4-5H2,1-3H3,(H2,9,10,11,12). The van der Waals surface area contributed by atoms with E-state index in [1.807, 2.05) is 20.8 Å². The maximum absolute atomic E-state index is 11.2. The van der Waals surface area contributed by atoms with E-state index < -0.39 is 11.7 Å². The van der Waals surface area contributed by atoms with E-state index in [-0.39, 0.29) is 0 Å². The summed E-state index contributed by atoms with van der Waals surface area (Å²) in [6.45, 7) is 6.92. The van der Waals surface area contributed by atoms with Crippen molar-refractivity contribution in [1.29, 1.82) is 0 Å². The molecule has 1 rings (SSSR count). The summed E-state index contributed by atoms with van der Waals surface area (Å²) in [5.41, 5.74) is -0.469. The van der Waals surface area contributed by atoms with Crippen LogP contribution in [-0.4, -0.2) is 30.7 Å². The van der Waals surface area contributed by atoms with Gasteiger partial charge in [-0.3, -0.25) is 10.3 Å². The summed E-state index contributed by atoms with van der Waals surface area (Å²) in [7, 11) is 0. The summed E-state index contributed by atoms with van der Waals surface area (Å²) in [6, 6.07) is 0. The highest BCUT2D eigenvalue weighted by Crippen LogP contribution is 2.06. The minimum atomic E-state index is -0.472. The first-order chi connectivity index (χ1) is 5.97. The van der Waals surface area contributed by atoms with Crippen molar-refractivity contribution in [2.75, 3.05) is 13.1 Å². The van der Waals surface area contributed by atoms with Crippen LogP contribution in [0.3, 0.4) is 0 Å². The normalized spacial score (nSPS) is 16.1. The van der Waals surface area contributed by atoms with Gasteiger partial charge < -0.3 is 10.1 Å². The summed E-state index contributed by atoms with van der Waals surface area (Å²) in [5, 5.41) is 5.42. The van der Waals surface area contributed by atoms with Crippen molar-refractivity contribution in [1.82, 2.24) is 10.6 Å². The van der Waals surface area contributed by atoms with Gasteiger partial charge in [-0.15, -0.1) is 0 Å². The summed E-state index contributed by atoms with van der Waals surface area (Å²) in [6.07, 6.45) is -0.472. The van der Waals surface area contributed by atoms with Gasteiger partial charge in [-0.25, -0.2) is 4.79 Å². The van der Waals surface area contributed by atoms with E-state index in [4.69, 9.17) is 4.74 Å². The first-order valence-corrected chi connectivity index (χ1v) is 4.26. The number of carbonyl (C=O) groups excluding carboxylic acids is 1. The largest absolute Gasteiger partial charge is 0.444 e. The molecule has 0 spiro atoms. The smallest absolute Gasteiger partial charge is 0.414 e. The molecule has 0 radical (unpaired) electrons. The van der Waals surface area contributed by atoms with Crippen molar-refractivity contribution >= 4 is 12.1 Å². The van der Waals surface area contributed by atoms with E-state index in [1.54, 1.807) is 0 Å². The molecule has 0 aromatic heterocycles. The molecule has 5 nitrogen and oxygen atoms in total. The zero-order valence-corrected chi connectivity index (χ0v) is 8.18. The Labute approximate surface area is 77.6 Å². The number of nitrogens with one attached hydrogen (secondary N) is 2. The summed E-state index contributed by atoms with van der Waals surface area (Å²) < 4.78 is 5.03. The van der Waals surface area contributed by atoms with Gasteiger partial charge in [0.2, 0.25) is 5.96 Å². The van der Waals surface area contributed by atoms with Crippen molar-refractivity contribution in [3.8, 4) is 0 Å². The third kappa shape index (κ3) is 3.78. The lowest BCUT2D eigenvalue weighted by Gasteiger charge is -2.19. The molecule has 0 aliphatic carbocycles. The SMILES string of the molecule is CC(C)(C)OC(=O)NC1=NCCN1. The molecule has 0 fully saturated rings. The van der Waals surface area contributed by atoms with Gasteiger partial charge in [-0.05, 0) is 20.8 Å². The number of alkyl carbamates (subject to hydrolysis) is 1. The Kier molecular flexibility index (Phi) is 2.75. The molecule has 0 aromatic rings. The third-order valence-electron chi connectivity index (χ3n) is 1.29. The number of hydrogen-bond donors (Lipinski definition) is 2. The number of guanidine groups is 1. The second-order valence-electron chi connectivity index (χ2n) is 3.78. The number of ether oxygens (including phenoxy) is 1. The Bertz CT molecular complexity index is 230. The molecule has 13 heavy (non-hydrogen) atoms. The van der Waals surface area contributed by atoms with E-state index in [2.05, 4.69) is 15.6 Å². The van der Waals surface area contributed by atoms with Gasteiger partial charge in [0.05, 0.1) is 6.54 Å². The molecule has 0 saturated carbocycles. The third-order valence-corrected chi connectivity index (χ3v) is 1.29. The second-order valence-corrected chi connectivity index (χ2v) is 3.78. The molecule has 0 saturated heterocycles. The van der Waals surface area contributed by atoms with Crippen LogP contribution in [0, 0.1) is 0 Å². The van der Waals surface area contributed by atoms with E-state index in [0.29, 0.717) is 12.5 Å². The summed E-state index contributed by atoms with van der Waals surface area (Å²) in [5.74, 6) is 0.495. The van der Waals surface area contributed by atoms with E-state index in [9.17, 15) is 4.79 Å². The summed E-state index contributed by atoms with van der Waals surface area (Å²) in [4.78, 5) is 15.2. The van der Waals surface area contributed by atoms with Crippen LogP contribution in [0.2, 0.25) is 0 Å². The molecule has 2 N–H and O–H groups in total. The van der Waals surface area contributed by atoms with Crippen LogP contribution in [0.5, 0.6) is 0 Å². The fraction of sp³-hybridized carbons (Fsp3) is 0.750. The minimum absolute atomic E-state index is 0.469. The molecule has 74 valence electrons. The molecule has 0 aromatic carbocycles. The number of aliphatic imine (C=N–C) groups is 1. The molecule has 0 atom stereocenters. The number of rotatable bonds is 0. The van der Waals surface area contributed by atoms with Crippen molar-refractivity contribution in [3.63, 3.8) is 0 Å². The number of amides is 1. The van der Waals surface area contributed by atoms with Crippen LogP contribution in [0.4, 0.5) is 4.79 Å². The van der Waals surface area contributed by atoms with Gasteiger partial charge in [0.15, 0.2) is 0 Å². The average molecular weight is 185 g/mol. The van der Waals surface area contributed by atoms with Crippen molar-refractivity contribution < 1.29 is 9.53 Å². The Morgan fingerprint density at radius 2 is 2.31 bits per heavy atom. The Hall–Kier alpha value is -1.26. The Morgan fingerprint density at radius 3 is 2.77 bits per heavy atom. The average Bonchev–Trinajstić information content (AvgIpc) is 2.34. The highest BCUT2D eigenvalue weighted by Gasteiger charge is 2.17.